The maximum atomic E-state index is 13.5. The Balaban J connectivity index is 5.95. The van der Waals surface area contributed by atoms with Crippen LogP contribution >= 0.6 is 0 Å². The van der Waals surface area contributed by atoms with Gasteiger partial charge in [-0.05, 0) is 13.8 Å². The molecule has 0 fully saturated rings. The van der Waals surface area contributed by atoms with Gasteiger partial charge in [-0.3, -0.25) is 0 Å². The third-order valence-corrected chi connectivity index (χ3v) is 4.06. The Kier molecular flexibility index (Phi) is 4.77. The van der Waals surface area contributed by atoms with Crippen LogP contribution in [0.2, 0.25) is 0 Å². The van der Waals surface area contributed by atoms with Gasteiger partial charge in [0.25, 0.3) is 15.0 Å². The van der Waals surface area contributed by atoms with E-state index >= 15 is 0 Å². The molecule has 122 valence electrons. The number of halogens is 8. The number of aliphatic hydroxyl groups excluding tert-OH is 1. The molecule has 20 heavy (non-hydrogen) atoms. The molecular formula is C7H9F8NO3S. The lowest BCUT2D eigenvalue weighted by atomic mass is 10.1. The molecule has 4 nitrogen and oxygen atoms in total. The summed E-state index contributed by atoms with van der Waals surface area (Å²) < 4.78 is 123. The second-order valence-corrected chi connectivity index (χ2v) is 5.87. The Morgan fingerprint density at radius 2 is 1.30 bits per heavy atom. The zero-order chi connectivity index (χ0) is 16.8. The summed E-state index contributed by atoms with van der Waals surface area (Å²) >= 11 is 0. The quantitative estimate of drug-likeness (QED) is 0.593. The van der Waals surface area contributed by atoms with Crippen molar-refractivity contribution in [1.82, 2.24) is 4.72 Å². The molecule has 0 saturated heterocycles. The van der Waals surface area contributed by atoms with E-state index in [2.05, 4.69) is 0 Å². The highest BCUT2D eigenvalue weighted by atomic mass is 32.2. The van der Waals surface area contributed by atoms with Crippen LogP contribution in [0.25, 0.3) is 0 Å². The van der Waals surface area contributed by atoms with Gasteiger partial charge in [0, 0.05) is 0 Å². The Morgan fingerprint density at radius 1 is 0.950 bits per heavy atom. The van der Waals surface area contributed by atoms with Crippen LogP contribution in [0.1, 0.15) is 13.8 Å². The van der Waals surface area contributed by atoms with Crippen LogP contribution in [0, 0.1) is 0 Å². The summed E-state index contributed by atoms with van der Waals surface area (Å²) in [6, 6.07) is 0. The minimum atomic E-state index is -6.95. The number of nitrogens with one attached hydrogen (secondary N) is 1. The Bertz CT molecular complexity index is 455. The van der Waals surface area contributed by atoms with Gasteiger partial charge in [-0.1, -0.05) is 0 Å². The maximum Gasteiger partial charge on any atom is 0.460 e. The number of aliphatic hydroxyl groups is 1. The summed E-state index contributed by atoms with van der Waals surface area (Å²) in [5, 5.41) is 3.23. The summed E-state index contributed by atoms with van der Waals surface area (Å²) in [5.41, 5.74) is 0. The van der Waals surface area contributed by atoms with Crippen molar-refractivity contribution in [2.45, 2.75) is 43.1 Å². The average Bonchev–Trinajstić information content (AvgIpc) is 2.12. The Morgan fingerprint density at radius 3 is 1.55 bits per heavy atom. The average molecular weight is 339 g/mol. The summed E-state index contributed by atoms with van der Waals surface area (Å²) in [6.07, 6.45) is -9.07. The van der Waals surface area contributed by atoms with Gasteiger partial charge in [0.2, 0.25) is 0 Å². The van der Waals surface area contributed by atoms with Crippen LogP contribution in [0.4, 0.5) is 35.1 Å². The second-order valence-electron chi connectivity index (χ2n) is 3.86. The number of hydrogen-bond acceptors (Lipinski definition) is 3. The summed E-state index contributed by atoms with van der Waals surface area (Å²) in [6.45, 7) is -0.0783. The van der Waals surface area contributed by atoms with Gasteiger partial charge in [0.05, 0.1) is 0 Å². The first-order valence-corrected chi connectivity index (χ1v) is 6.11. The van der Waals surface area contributed by atoms with Crippen molar-refractivity contribution in [3.8, 4) is 0 Å². The van der Waals surface area contributed by atoms with Gasteiger partial charge < -0.3 is 5.11 Å². The fourth-order valence-corrected chi connectivity index (χ4v) is 2.10. The largest absolute Gasteiger partial charge is 0.460 e. The monoisotopic (exact) mass is 339 g/mol. The van der Waals surface area contributed by atoms with Crippen LogP contribution in [-0.4, -0.2) is 42.8 Å². The number of rotatable bonds is 5. The number of alkyl halides is 8. The molecule has 0 aliphatic rings. The maximum absolute atomic E-state index is 13.5. The van der Waals surface area contributed by atoms with E-state index in [1.54, 1.807) is 0 Å². The molecule has 0 heterocycles. The molecule has 0 aromatic carbocycles. The first kappa shape index (κ1) is 19.3. The molecule has 13 heteroatoms. The first-order chi connectivity index (χ1) is 8.42. The third kappa shape index (κ3) is 2.83. The van der Waals surface area contributed by atoms with E-state index < -0.39 is 46.2 Å². The third-order valence-electron chi connectivity index (χ3n) is 2.14. The van der Waals surface area contributed by atoms with Crippen molar-refractivity contribution in [2.24, 2.45) is 0 Å². The number of sulfonamides is 1. The Labute approximate surface area is 107 Å². The zero-order valence-electron chi connectivity index (χ0n) is 9.77. The van der Waals surface area contributed by atoms with Crippen molar-refractivity contribution in [1.29, 1.82) is 0 Å². The van der Waals surface area contributed by atoms with Crippen LogP contribution in [0.15, 0.2) is 0 Å². The highest BCUT2D eigenvalue weighted by Crippen LogP contribution is 2.53. The highest BCUT2D eigenvalue weighted by molar-refractivity contribution is 7.90. The predicted molar refractivity (Wildman–Crippen MR) is 49.2 cm³/mol. The summed E-state index contributed by atoms with van der Waals surface area (Å²) in [7, 11) is -6.06. The van der Waals surface area contributed by atoms with Gasteiger partial charge >= 0.3 is 18.0 Å². The molecule has 2 N–H and O–H groups in total. The van der Waals surface area contributed by atoms with Crippen molar-refractivity contribution < 1.29 is 48.6 Å². The molecular weight excluding hydrogens is 330 g/mol. The van der Waals surface area contributed by atoms with Crippen molar-refractivity contribution >= 4 is 10.0 Å². The molecule has 0 aromatic rings. The first-order valence-electron chi connectivity index (χ1n) is 4.63. The predicted octanol–water partition coefficient (Wildman–Crippen LogP) is 1.76. The summed E-state index contributed by atoms with van der Waals surface area (Å²) in [5.74, 6) is -13.6. The molecule has 0 bridgehead atoms. The standard InChI is InChI=1S/C7H9F8NO3S/c1-3(17)16-20(18,19)4(2,8)5(9,10)6(11,12)7(13,14)15/h3,16-17H,1-2H3. The van der Waals surface area contributed by atoms with E-state index in [1.165, 1.54) is 0 Å². The normalized spacial score (nSPS) is 19.6. The SMILES string of the molecule is CC(O)NS(=O)(=O)C(C)(F)C(F)(F)C(F)(F)C(F)(F)F. The topological polar surface area (TPSA) is 66.4 Å². The Hall–Kier alpha value is -0.690. The van der Waals surface area contributed by atoms with Crippen molar-refractivity contribution in [3.63, 3.8) is 0 Å². The molecule has 0 aliphatic carbocycles. The highest BCUT2D eigenvalue weighted by Gasteiger charge is 2.82. The van der Waals surface area contributed by atoms with E-state index in [9.17, 15) is 43.5 Å². The van der Waals surface area contributed by atoms with Crippen LogP contribution in [-0.2, 0) is 10.0 Å². The zero-order valence-corrected chi connectivity index (χ0v) is 10.6. The molecule has 2 atom stereocenters. The van der Waals surface area contributed by atoms with E-state index in [0.29, 0.717) is 6.92 Å². The second kappa shape index (κ2) is 4.94. The molecule has 0 saturated carbocycles. The molecule has 0 radical (unpaired) electrons. The van der Waals surface area contributed by atoms with Gasteiger partial charge in [-0.15, -0.1) is 0 Å². The van der Waals surface area contributed by atoms with Gasteiger partial charge in [0.15, 0.2) is 0 Å². The van der Waals surface area contributed by atoms with Crippen molar-refractivity contribution in [3.05, 3.63) is 0 Å². The van der Waals surface area contributed by atoms with Gasteiger partial charge in [-0.25, -0.2) is 12.8 Å². The van der Waals surface area contributed by atoms with E-state index in [4.69, 9.17) is 5.11 Å². The lowest BCUT2D eigenvalue weighted by Gasteiger charge is -2.35. The summed E-state index contributed by atoms with van der Waals surface area (Å²) in [4.78, 5) is 0. The molecule has 2 unspecified atom stereocenters. The minimum Gasteiger partial charge on any atom is -0.378 e. The molecule has 0 rings (SSSR count). The molecule has 0 aromatic heterocycles. The van der Waals surface area contributed by atoms with Crippen LogP contribution < -0.4 is 4.72 Å². The lowest BCUT2D eigenvalue weighted by molar-refractivity contribution is -0.369. The molecule has 0 amide bonds. The van der Waals surface area contributed by atoms with Crippen molar-refractivity contribution in [2.75, 3.05) is 0 Å². The fourth-order valence-electron chi connectivity index (χ4n) is 0.962. The van der Waals surface area contributed by atoms with Crippen LogP contribution in [0.5, 0.6) is 0 Å². The van der Waals surface area contributed by atoms with Gasteiger partial charge in [-0.2, -0.15) is 35.5 Å². The smallest absolute Gasteiger partial charge is 0.378 e. The van der Waals surface area contributed by atoms with E-state index in [-0.39, 0.29) is 0 Å². The van der Waals surface area contributed by atoms with E-state index in [1.807, 2.05) is 0 Å². The number of hydrogen-bond donors (Lipinski definition) is 2. The van der Waals surface area contributed by atoms with E-state index in [0.717, 1.165) is 4.72 Å². The minimum absolute atomic E-state index is 0.591. The fraction of sp³-hybridized carbons (Fsp3) is 1.00. The molecule has 0 spiro atoms. The van der Waals surface area contributed by atoms with Crippen LogP contribution in [0.3, 0.4) is 0 Å². The molecule has 0 aliphatic heterocycles. The van der Waals surface area contributed by atoms with Gasteiger partial charge in [0.1, 0.15) is 6.23 Å². The lowest BCUT2D eigenvalue weighted by Crippen LogP contribution is -2.66.